The summed E-state index contributed by atoms with van der Waals surface area (Å²) in [6.07, 6.45) is 0.206. The fourth-order valence-electron chi connectivity index (χ4n) is 1.59. The van der Waals surface area contributed by atoms with Gasteiger partial charge in [0.15, 0.2) is 0 Å². The molecule has 0 aliphatic carbocycles. The minimum absolute atomic E-state index is 0.163. The van der Waals surface area contributed by atoms with Crippen LogP contribution in [0.25, 0.3) is 0 Å². The number of thioether (sulfide) groups is 1. The van der Waals surface area contributed by atoms with Gasteiger partial charge in [0.1, 0.15) is 5.82 Å². The van der Waals surface area contributed by atoms with Crippen LogP contribution in [0.15, 0.2) is 12.1 Å². The third kappa shape index (κ3) is 1.76. The Bertz CT molecular complexity index is 356. The molecule has 2 rings (SSSR count). The number of benzene rings is 1. The van der Waals surface area contributed by atoms with E-state index in [-0.39, 0.29) is 5.02 Å². The summed E-state index contributed by atoms with van der Waals surface area (Å²) in [6.45, 7) is 0. The molecule has 1 aromatic rings. The first-order valence-electron chi connectivity index (χ1n) is 4.42. The predicted octanol–water partition coefficient (Wildman–Crippen LogP) is 3.15. The van der Waals surface area contributed by atoms with Gasteiger partial charge in [0.25, 0.3) is 0 Å². The smallest absolute Gasteiger partial charge is 0.142 e. The van der Waals surface area contributed by atoms with Crippen LogP contribution in [-0.4, -0.2) is 10.9 Å². The predicted molar refractivity (Wildman–Crippen MR) is 57.1 cm³/mol. The topological polar surface area (TPSA) is 20.2 Å². The number of hydrogen-bond donors (Lipinski definition) is 1. The minimum atomic E-state index is -0.502. The second-order valence-corrected chi connectivity index (χ2v) is 4.77. The first-order chi connectivity index (χ1) is 6.70. The number of aliphatic hydroxyl groups is 1. The van der Waals surface area contributed by atoms with Crippen LogP contribution in [0.3, 0.4) is 0 Å². The fourth-order valence-corrected chi connectivity index (χ4v) is 2.96. The average molecular weight is 233 g/mol. The van der Waals surface area contributed by atoms with E-state index in [9.17, 15) is 9.50 Å². The van der Waals surface area contributed by atoms with Gasteiger partial charge in [0.2, 0.25) is 0 Å². The monoisotopic (exact) mass is 232 g/mol. The number of aliphatic hydroxyl groups excluding tert-OH is 1. The Morgan fingerprint density at radius 1 is 1.50 bits per heavy atom. The Hall–Kier alpha value is -0.250. The van der Waals surface area contributed by atoms with Crippen molar-refractivity contribution in [2.75, 3.05) is 5.75 Å². The molecule has 0 fully saturated rings. The molecular formula is C10H10ClFOS. The number of halogens is 2. The van der Waals surface area contributed by atoms with Crippen LogP contribution in [0.4, 0.5) is 4.39 Å². The van der Waals surface area contributed by atoms with E-state index in [0.717, 1.165) is 16.9 Å². The van der Waals surface area contributed by atoms with Crippen molar-refractivity contribution >= 4 is 23.4 Å². The Morgan fingerprint density at radius 2 is 2.29 bits per heavy atom. The third-order valence-corrected chi connectivity index (χ3v) is 3.80. The fraction of sp³-hybridized carbons (Fsp3) is 0.400. The highest BCUT2D eigenvalue weighted by molar-refractivity contribution is 7.98. The zero-order valence-electron chi connectivity index (χ0n) is 7.46. The highest BCUT2D eigenvalue weighted by atomic mass is 35.5. The van der Waals surface area contributed by atoms with Crippen LogP contribution in [0.1, 0.15) is 23.7 Å². The minimum Gasteiger partial charge on any atom is -0.388 e. The van der Waals surface area contributed by atoms with Gasteiger partial charge in [-0.1, -0.05) is 17.7 Å². The van der Waals surface area contributed by atoms with Gasteiger partial charge in [-0.05, 0) is 29.4 Å². The second-order valence-electron chi connectivity index (χ2n) is 3.29. The Kier molecular flexibility index (Phi) is 3.00. The second kappa shape index (κ2) is 4.09. The molecule has 0 saturated carbocycles. The van der Waals surface area contributed by atoms with Gasteiger partial charge in [-0.2, -0.15) is 11.8 Å². The molecule has 1 unspecified atom stereocenters. The molecule has 0 radical (unpaired) electrons. The summed E-state index contributed by atoms with van der Waals surface area (Å²) < 4.78 is 13.1. The Balaban J connectivity index is 2.53. The first-order valence-corrected chi connectivity index (χ1v) is 5.96. The van der Waals surface area contributed by atoms with Gasteiger partial charge in [-0.25, -0.2) is 4.39 Å². The maximum absolute atomic E-state index is 13.1. The summed E-state index contributed by atoms with van der Waals surface area (Å²) in [5.41, 5.74) is 1.53. The lowest BCUT2D eigenvalue weighted by molar-refractivity contribution is 0.175. The summed E-state index contributed by atoms with van der Waals surface area (Å²) >= 11 is 7.52. The average Bonchev–Trinajstić information content (AvgIpc) is 2.35. The molecule has 1 nitrogen and oxygen atoms in total. The Labute approximate surface area is 91.3 Å². The molecule has 1 aliphatic heterocycles. The molecule has 0 spiro atoms. The maximum atomic E-state index is 13.1. The third-order valence-electron chi connectivity index (χ3n) is 2.37. The van der Waals surface area contributed by atoms with Crippen molar-refractivity contribution in [1.29, 1.82) is 0 Å². The van der Waals surface area contributed by atoms with E-state index in [1.807, 2.05) is 0 Å². The summed E-state index contributed by atoms with van der Waals surface area (Å²) in [5, 5.41) is 9.93. The quantitative estimate of drug-likeness (QED) is 0.742. The van der Waals surface area contributed by atoms with Crippen molar-refractivity contribution in [2.45, 2.75) is 18.3 Å². The van der Waals surface area contributed by atoms with E-state index in [4.69, 9.17) is 11.6 Å². The van der Waals surface area contributed by atoms with Gasteiger partial charge in [-0.15, -0.1) is 0 Å². The van der Waals surface area contributed by atoms with Gasteiger partial charge in [0.05, 0.1) is 11.1 Å². The van der Waals surface area contributed by atoms with Crippen molar-refractivity contribution in [3.8, 4) is 0 Å². The van der Waals surface area contributed by atoms with E-state index in [2.05, 4.69) is 0 Å². The normalized spacial score (nSPS) is 21.5. The molecule has 0 bridgehead atoms. The zero-order chi connectivity index (χ0) is 10.1. The van der Waals surface area contributed by atoms with E-state index in [1.165, 1.54) is 6.07 Å². The summed E-state index contributed by atoms with van der Waals surface area (Å²) in [7, 11) is 0. The number of rotatable bonds is 0. The highest BCUT2D eigenvalue weighted by Crippen LogP contribution is 2.35. The lowest BCUT2D eigenvalue weighted by atomic mass is 10.0. The molecule has 1 N–H and O–H groups in total. The SMILES string of the molecule is OC1CCSCc2c1ccc(F)c2Cl. The van der Waals surface area contributed by atoms with Gasteiger partial charge < -0.3 is 5.11 Å². The molecule has 76 valence electrons. The van der Waals surface area contributed by atoms with E-state index in [1.54, 1.807) is 17.8 Å². The molecule has 1 atom stereocenters. The van der Waals surface area contributed by atoms with Crippen molar-refractivity contribution in [2.24, 2.45) is 0 Å². The van der Waals surface area contributed by atoms with Crippen molar-refractivity contribution in [3.05, 3.63) is 34.1 Å². The van der Waals surface area contributed by atoms with Crippen LogP contribution in [0, 0.1) is 5.82 Å². The van der Waals surface area contributed by atoms with Crippen molar-refractivity contribution < 1.29 is 9.50 Å². The molecule has 0 aromatic heterocycles. The van der Waals surface area contributed by atoms with Crippen LogP contribution < -0.4 is 0 Å². The lowest BCUT2D eigenvalue weighted by Gasteiger charge is -2.12. The molecule has 1 aliphatic rings. The molecule has 1 aromatic carbocycles. The van der Waals surface area contributed by atoms with Crippen molar-refractivity contribution in [1.82, 2.24) is 0 Å². The van der Waals surface area contributed by atoms with Gasteiger partial charge in [-0.3, -0.25) is 0 Å². The molecule has 14 heavy (non-hydrogen) atoms. The standard InChI is InChI=1S/C10H10ClFOS/c11-10-7-5-14-4-3-9(13)6(7)1-2-8(10)12/h1-2,9,13H,3-5H2. The largest absolute Gasteiger partial charge is 0.388 e. The van der Waals surface area contributed by atoms with E-state index < -0.39 is 11.9 Å². The zero-order valence-corrected chi connectivity index (χ0v) is 9.04. The molecule has 4 heteroatoms. The van der Waals surface area contributed by atoms with E-state index in [0.29, 0.717) is 12.2 Å². The van der Waals surface area contributed by atoms with Crippen molar-refractivity contribution in [3.63, 3.8) is 0 Å². The molecule has 0 saturated heterocycles. The summed E-state index contributed by atoms with van der Waals surface area (Å²) in [6, 6.07) is 2.95. The van der Waals surface area contributed by atoms with Crippen LogP contribution in [0.5, 0.6) is 0 Å². The maximum Gasteiger partial charge on any atom is 0.142 e. The van der Waals surface area contributed by atoms with Crippen LogP contribution in [0.2, 0.25) is 5.02 Å². The first kappa shape index (κ1) is 10.3. The number of hydrogen-bond acceptors (Lipinski definition) is 2. The number of fused-ring (bicyclic) bond motifs is 1. The van der Waals surface area contributed by atoms with Gasteiger partial charge in [0, 0.05) is 5.75 Å². The van der Waals surface area contributed by atoms with Gasteiger partial charge >= 0.3 is 0 Å². The highest BCUT2D eigenvalue weighted by Gasteiger charge is 2.20. The van der Waals surface area contributed by atoms with E-state index >= 15 is 0 Å². The summed E-state index contributed by atoms with van der Waals surface area (Å²) in [5.74, 6) is 1.16. The van der Waals surface area contributed by atoms with Crippen LogP contribution >= 0.6 is 23.4 Å². The molecular weight excluding hydrogens is 223 g/mol. The lowest BCUT2D eigenvalue weighted by Crippen LogP contribution is -2.00. The van der Waals surface area contributed by atoms with Crippen LogP contribution in [-0.2, 0) is 5.75 Å². The Morgan fingerprint density at radius 3 is 3.07 bits per heavy atom. The molecule has 1 heterocycles. The molecule has 0 amide bonds. The summed E-state index contributed by atoms with van der Waals surface area (Å²) in [4.78, 5) is 0.